The molecule has 0 saturated heterocycles. The highest BCUT2D eigenvalue weighted by Crippen LogP contribution is 2.41. The number of aliphatic hydroxyl groups is 1. The van der Waals surface area contributed by atoms with E-state index in [-0.39, 0.29) is 4.47 Å². The van der Waals surface area contributed by atoms with Gasteiger partial charge in [0.1, 0.15) is 0 Å². The molecule has 0 fully saturated rings. The van der Waals surface area contributed by atoms with E-state index in [0.717, 1.165) is 6.26 Å². The lowest BCUT2D eigenvalue weighted by atomic mass is 10.0. The maximum absolute atomic E-state index is 12.4. The van der Waals surface area contributed by atoms with Gasteiger partial charge in [-0.1, -0.05) is 0 Å². The van der Waals surface area contributed by atoms with Crippen molar-refractivity contribution in [3.63, 3.8) is 0 Å². The third-order valence-electron chi connectivity index (χ3n) is 1.76. The first-order valence-electron chi connectivity index (χ1n) is 3.55. The summed E-state index contributed by atoms with van der Waals surface area (Å²) in [5.74, 6) is -0.632. The monoisotopic (exact) mass is 273 g/mol. The van der Waals surface area contributed by atoms with Crippen LogP contribution >= 0.6 is 15.9 Å². The van der Waals surface area contributed by atoms with Crippen LogP contribution in [0.1, 0.15) is 5.76 Å². The minimum Gasteiger partial charge on any atom is -0.465 e. The molecule has 7 heteroatoms. The third-order valence-corrected chi connectivity index (χ3v) is 2.38. The van der Waals surface area contributed by atoms with Crippen LogP contribution in [0.2, 0.25) is 0 Å². The lowest BCUT2D eigenvalue weighted by Crippen LogP contribution is -2.48. The topological polar surface area (TPSA) is 59.4 Å². The van der Waals surface area contributed by atoms with Gasteiger partial charge in [-0.15, -0.1) is 0 Å². The minimum absolute atomic E-state index is 0.0303. The highest BCUT2D eigenvalue weighted by atomic mass is 79.9. The van der Waals surface area contributed by atoms with E-state index in [1.165, 1.54) is 6.07 Å². The fourth-order valence-electron chi connectivity index (χ4n) is 0.926. The molecular weight excluding hydrogens is 267 g/mol. The first-order valence-corrected chi connectivity index (χ1v) is 4.35. The van der Waals surface area contributed by atoms with Gasteiger partial charge in [0.15, 0.2) is 5.76 Å². The Bertz CT molecular complexity index is 325. The Kier molecular flexibility index (Phi) is 2.93. The molecule has 80 valence electrons. The van der Waals surface area contributed by atoms with E-state index in [2.05, 4.69) is 20.3 Å². The van der Waals surface area contributed by atoms with Gasteiger partial charge in [-0.25, -0.2) is 0 Å². The fraction of sp³-hybridized carbons (Fsp3) is 0.429. The van der Waals surface area contributed by atoms with Gasteiger partial charge < -0.3 is 15.3 Å². The molecule has 1 atom stereocenters. The van der Waals surface area contributed by atoms with E-state index in [1.807, 2.05) is 0 Å². The zero-order chi connectivity index (χ0) is 11.0. The summed E-state index contributed by atoms with van der Waals surface area (Å²) in [6.07, 6.45) is -3.84. The molecule has 0 aliphatic rings. The summed E-state index contributed by atoms with van der Waals surface area (Å²) in [6.45, 7) is -0.997. The van der Waals surface area contributed by atoms with E-state index in [4.69, 9.17) is 5.73 Å². The molecule has 1 rings (SSSR count). The first kappa shape index (κ1) is 11.5. The average molecular weight is 274 g/mol. The molecule has 0 aromatic carbocycles. The summed E-state index contributed by atoms with van der Waals surface area (Å²) >= 11 is 2.83. The van der Waals surface area contributed by atoms with Crippen LogP contribution in [-0.2, 0) is 5.60 Å². The summed E-state index contributed by atoms with van der Waals surface area (Å²) < 4.78 is 41.9. The number of furan rings is 1. The van der Waals surface area contributed by atoms with Gasteiger partial charge in [0, 0.05) is 6.54 Å². The Labute approximate surface area is 85.8 Å². The molecule has 3 N–H and O–H groups in total. The molecular formula is C7H7BrF3NO2. The number of nitrogens with two attached hydrogens (primary N) is 1. The van der Waals surface area contributed by atoms with Crippen LogP contribution in [0.5, 0.6) is 0 Å². The van der Waals surface area contributed by atoms with Crippen LogP contribution in [0.25, 0.3) is 0 Å². The SMILES string of the molecule is NCC(O)(c1occc1Br)C(F)(F)F. The van der Waals surface area contributed by atoms with Crippen molar-refractivity contribution >= 4 is 15.9 Å². The molecule has 0 aliphatic heterocycles. The smallest absolute Gasteiger partial charge is 0.425 e. The molecule has 1 unspecified atom stereocenters. The van der Waals surface area contributed by atoms with Crippen LogP contribution in [0.15, 0.2) is 21.2 Å². The molecule has 0 aliphatic carbocycles. The van der Waals surface area contributed by atoms with Crippen molar-refractivity contribution < 1.29 is 22.7 Å². The predicted molar refractivity (Wildman–Crippen MR) is 45.4 cm³/mol. The van der Waals surface area contributed by atoms with Gasteiger partial charge in [0.25, 0.3) is 0 Å². The third kappa shape index (κ3) is 1.67. The quantitative estimate of drug-likeness (QED) is 0.863. The Morgan fingerprint density at radius 2 is 2.07 bits per heavy atom. The molecule has 1 aromatic rings. The van der Waals surface area contributed by atoms with E-state index < -0.39 is 24.1 Å². The van der Waals surface area contributed by atoms with Crippen molar-refractivity contribution in [2.75, 3.05) is 6.54 Å². The van der Waals surface area contributed by atoms with Crippen molar-refractivity contribution in [3.8, 4) is 0 Å². The number of hydrogen-bond acceptors (Lipinski definition) is 3. The normalized spacial score (nSPS) is 16.7. The second kappa shape index (κ2) is 3.56. The van der Waals surface area contributed by atoms with E-state index in [0.29, 0.717) is 0 Å². The Hall–Kier alpha value is -0.530. The minimum atomic E-state index is -4.87. The van der Waals surface area contributed by atoms with Gasteiger partial charge in [-0.3, -0.25) is 0 Å². The van der Waals surface area contributed by atoms with Gasteiger partial charge >= 0.3 is 6.18 Å². The van der Waals surface area contributed by atoms with Gasteiger partial charge in [0.2, 0.25) is 5.60 Å². The van der Waals surface area contributed by atoms with Crippen molar-refractivity contribution in [3.05, 3.63) is 22.6 Å². The zero-order valence-electron chi connectivity index (χ0n) is 6.81. The van der Waals surface area contributed by atoms with E-state index >= 15 is 0 Å². The van der Waals surface area contributed by atoms with Crippen molar-refractivity contribution in [1.29, 1.82) is 0 Å². The van der Waals surface area contributed by atoms with Crippen LogP contribution in [0.4, 0.5) is 13.2 Å². The molecule has 0 radical (unpaired) electrons. The highest BCUT2D eigenvalue weighted by molar-refractivity contribution is 9.10. The Balaban J connectivity index is 3.22. The first-order chi connectivity index (χ1) is 6.33. The predicted octanol–water partition coefficient (Wildman–Crippen LogP) is 1.75. The Morgan fingerprint density at radius 1 is 1.50 bits per heavy atom. The summed E-state index contributed by atoms with van der Waals surface area (Å²) in [7, 11) is 0. The van der Waals surface area contributed by atoms with Crippen LogP contribution < -0.4 is 5.73 Å². The second-order valence-corrected chi connectivity index (χ2v) is 3.51. The average Bonchev–Trinajstić information content (AvgIpc) is 2.48. The Morgan fingerprint density at radius 3 is 2.36 bits per heavy atom. The standard InChI is InChI=1S/C7H7BrF3NO2/c8-4-1-2-14-5(4)6(13,3-12)7(9,10)11/h1-2,13H,3,12H2. The molecule has 0 saturated carbocycles. The molecule has 1 heterocycles. The maximum Gasteiger partial charge on any atom is 0.425 e. The summed E-state index contributed by atoms with van der Waals surface area (Å²) in [6, 6.07) is 1.25. The number of alkyl halides is 3. The lowest BCUT2D eigenvalue weighted by molar-refractivity contribution is -0.268. The maximum atomic E-state index is 12.4. The molecule has 14 heavy (non-hydrogen) atoms. The van der Waals surface area contributed by atoms with E-state index in [9.17, 15) is 18.3 Å². The molecule has 1 aromatic heterocycles. The van der Waals surface area contributed by atoms with Crippen molar-refractivity contribution in [2.24, 2.45) is 5.73 Å². The molecule has 3 nitrogen and oxygen atoms in total. The summed E-state index contributed by atoms with van der Waals surface area (Å²) in [5.41, 5.74) is 1.76. The van der Waals surface area contributed by atoms with Crippen LogP contribution in [0.3, 0.4) is 0 Å². The van der Waals surface area contributed by atoms with Crippen LogP contribution in [0, 0.1) is 0 Å². The largest absolute Gasteiger partial charge is 0.465 e. The fourth-order valence-corrected chi connectivity index (χ4v) is 1.46. The number of halogens is 4. The van der Waals surface area contributed by atoms with E-state index in [1.54, 1.807) is 0 Å². The zero-order valence-corrected chi connectivity index (χ0v) is 8.39. The molecule has 0 spiro atoms. The number of rotatable bonds is 2. The highest BCUT2D eigenvalue weighted by Gasteiger charge is 2.57. The molecule has 0 amide bonds. The van der Waals surface area contributed by atoms with Gasteiger partial charge in [0.05, 0.1) is 10.7 Å². The van der Waals surface area contributed by atoms with Gasteiger partial charge in [-0.05, 0) is 22.0 Å². The lowest BCUT2D eigenvalue weighted by Gasteiger charge is -2.27. The summed E-state index contributed by atoms with van der Waals surface area (Å²) in [5, 5.41) is 9.32. The number of hydrogen-bond donors (Lipinski definition) is 2. The van der Waals surface area contributed by atoms with Crippen LogP contribution in [-0.4, -0.2) is 17.8 Å². The van der Waals surface area contributed by atoms with Gasteiger partial charge in [-0.2, -0.15) is 13.2 Å². The van der Waals surface area contributed by atoms with Crippen molar-refractivity contribution in [2.45, 2.75) is 11.8 Å². The second-order valence-electron chi connectivity index (χ2n) is 2.66. The summed E-state index contributed by atoms with van der Waals surface area (Å²) in [4.78, 5) is 0. The van der Waals surface area contributed by atoms with Crippen molar-refractivity contribution in [1.82, 2.24) is 0 Å². The molecule has 0 bridgehead atoms.